The van der Waals surface area contributed by atoms with Crippen molar-refractivity contribution in [3.8, 4) is 0 Å². The Morgan fingerprint density at radius 3 is 2.47 bits per heavy atom. The van der Waals surface area contributed by atoms with Gasteiger partial charge in [0, 0.05) is 29.6 Å². The van der Waals surface area contributed by atoms with E-state index >= 15 is 0 Å². The molecule has 3 nitrogen and oxygen atoms in total. The molecule has 104 valence electrons. The van der Waals surface area contributed by atoms with Gasteiger partial charge in [-0.2, -0.15) is 0 Å². The minimum absolute atomic E-state index is 0.0473. The Kier molecular flexibility index (Phi) is 5.90. The zero-order valence-electron chi connectivity index (χ0n) is 11.4. The predicted molar refractivity (Wildman–Crippen MR) is 79.6 cm³/mol. The average molecular weight is 282 g/mol. The molecule has 1 aromatic carbocycles. The Hall–Kier alpha value is -1.48. The van der Waals surface area contributed by atoms with Crippen molar-refractivity contribution in [1.82, 2.24) is 0 Å². The second-order valence-corrected chi connectivity index (χ2v) is 5.00. The molecular formula is C15H20ClNO2. The summed E-state index contributed by atoms with van der Waals surface area (Å²) in [4.78, 5) is 14.1. The number of hydrogen-bond acceptors (Lipinski definition) is 2. The van der Waals surface area contributed by atoms with Gasteiger partial charge in [0.15, 0.2) is 0 Å². The van der Waals surface area contributed by atoms with E-state index in [1.165, 1.54) is 0 Å². The van der Waals surface area contributed by atoms with E-state index < -0.39 is 0 Å². The summed E-state index contributed by atoms with van der Waals surface area (Å²) in [6.07, 6.45) is 1.04. The number of rotatable bonds is 6. The number of amides is 1. The standard InChI is InChI=1S/C15H20ClNO2/c1-4-17(14-9-7-13(16)8-10-14)15(19)11(2)5-6-12(3)18/h7-11,18H,3-6H2,1-2H3. The van der Waals surface area contributed by atoms with E-state index in [1.54, 1.807) is 17.0 Å². The van der Waals surface area contributed by atoms with Crippen LogP contribution in [0.15, 0.2) is 36.6 Å². The molecule has 0 bridgehead atoms. The number of nitrogens with zero attached hydrogens (tertiary/aromatic N) is 1. The van der Waals surface area contributed by atoms with E-state index in [1.807, 2.05) is 26.0 Å². The topological polar surface area (TPSA) is 40.5 Å². The van der Waals surface area contributed by atoms with Crippen LogP contribution in [0.2, 0.25) is 5.02 Å². The van der Waals surface area contributed by atoms with Crippen molar-refractivity contribution in [3.63, 3.8) is 0 Å². The van der Waals surface area contributed by atoms with Crippen LogP contribution < -0.4 is 4.90 Å². The fourth-order valence-corrected chi connectivity index (χ4v) is 1.99. The SMILES string of the molecule is C=C(O)CCC(C)C(=O)N(CC)c1ccc(Cl)cc1. The predicted octanol–water partition coefficient (Wildman–Crippen LogP) is 4.18. The average Bonchev–Trinajstić information content (AvgIpc) is 2.38. The van der Waals surface area contributed by atoms with Crippen LogP contribution in [0.4, 0.5) is 5.69 Å². The molecule has 0 fully saturated rings. The number of benzene rings is 1. The highest BCUT2D eigenvalue weighted by molar-refractivity contribution is 6.30. The lowest BCUT2D eigenvalue weighted by Gasteiger charge is -2.24. The molecule has 1 amide bonds. The van der Waals surface area contributed by atoms with Gasteiger partial charge in [-0.1, -0.05) is 25.1 Å². The maximum absolute atomic E-state index is 12.4. The minimum atomic E-state index is -0.153. The lowest BCUT2D eigenvalue weighted by atomic mass is 10.0. The Bertz CT molecular complexity index is 442. The van der Waals surface area contributed by atoms with Gasteiger partial charge in [-0.05, 0) is 37.6 Å². The number of aliphatic hydroxyl groups excluding tert-OH is 1. The number of aliphatic hydroxyl groups is 1. The van der Waals surface area contributed by atoms with Crippen molar-refractivity contribution in [2.75, 3.05) is 11.4 Å². The highest BCUT2D eigenvalue weighted by Gasteiger charge is 2.20. The summed E-state index contributed by atoms with van der Waals surface area (Å²) in [5.41, 5.74) is 0.839. The molecule has 1 atom stereocenters. The minimum Gasteiger partial charge on any atom is -0.513 e. The summed E-state index contributed by atoms with van der Waals surface area (Å²) in [6.45, 7) is 7.84. The third kappa shape index (κ3) is 4.60. The first-order valence-corrected chi connectivity index (χ1v) is 6.77. The number of allylic oxidation sites excluding steroid dienone is 1. The highest BCUT2D eigenvalue weighted by atomic mass is 35.5. The van der Waals surface area contributed by atoms with Crippen molar-refractivity contribution in [2.45, 2.75) is 26.7 Å². The second kappa shape index (κ2) is 7.19. The molecule has 19 heavy (non-hydrogen) atoms. The molecular weight excluding hydrogens is 262 g/mol. The van der Waals surface area contributed by atoms with Crippen LogP contribution in [-0.4, -0.2) is 17.6 Å². The summed E-state index contributed by atoms with van der Waals surface area (Å²) >= 11 is 5.85. The fraction of sp³-hybridized carbons (Fsp3) is 0.400. The molecule has 0 saturated heterocycles. The molecule has 1 aromatic rings. The van der Waals surface area contributed by atoms with Crippen LogP contribution in [0, 0.1) is 5.92 Å². The first-order chi connectivity index (χ1) is 8.95. The van der Waals surface area contributed by atoms with Gasteiger partial charge in [-0.3, -0.25) is 4.79 Å². The van der Waals surface area contributed by atoms with Crippen LogP contribution in [-0.2, 0) is 4.79 Å². The molecule has 0 aromatic heterocycles. The summed E-state index contributed by atoms with van der Waals surface area (Å²) in [6, 6.07) is 7.21. The fourth-order valence-electron chi connectivity index (χ4n) is 1.86. The normalized spacial score (nSPS) is 11.9. The van der Waals surface area contributed by atoms with E-state index in [-0.39, 0.29) is 17.6 Å². The maximum Gasteiger partial charge on any atom is 0.229 e. The second-order valence-electron chi connectivity index (χ2n) is 4.56. The van der Waals surface area contributed by atoms with Gasteiger partial charge in [0.1, 0.15) is 0 Å². The van der Waals surface area contributed by atoms with Gasteiger partial charge < -0.3 is 10.0 Å². The number of hydrogen-bond donors (Lipinski definition) is 1. The molecule has 1 rings (SSSR count). The molecule has 0 aliphatic carbocycles. The molecule has 0 aliphatic rings. The number of anilines is 1. The van der Waals surface area contributed by atoms with Gasteiger partial charge in [-0.15, -0.1) is 0 Å². The third-order valence-electron chi connectivity index (χ3n) is 3.01. The molecule has 0 heterocycles. The van der Waals surface area contributed by atoms with E-state index in [4.69, 9.17) is 16.7 Å². The molecule has 4 heteroatoms. The molecule has 1 N–H and O–H groups in total. The van der Waals surface area contributed by atoms with Gasteiger partial charge in [-0.25, -0.2) is 0 Å². The van der Waals surface area contributed by atoms with Crippen molar-refractivity contribution in [2.24, 2.45) is 5.92 Å². The number of carbonyl (C=O) groups is 1. The maximum atomic E-state index is 12.4. The third-order valence-corrected chi connectivity index (χ3v) is 3.26. The monoisotopic (exact) mass is 281 g/mol. The van der Waals surface area contributed by atoms with Crippen LogP contribution in [0.1, 0.15) is 26.7 Å². The highest BCUT2D eigenvalue weighted by Crippen LogP contribution is 2.21. The first kappa shape index (κ1) is 15.6. The summed E-state index contributed by atoms with van der Waals surface area (Å²) in [5, 5.41) is 9.74. The van der Waals surface area contributed by atoms with Crippen LogP contribution in [0.5, 0.6) is 0 Å². The molecule has 0 radical (unpaired) electrons. The zero-order chi connectivity index (χ0) is 14.4. The van der Waals surface area contributed by atoms with E-state index in [0.717, 1.165) is 5.69 Å². The Morgan fingerprint density at radius 1 is 1.42 bits per heavy atom. The smallest absolute Gasteiger partial charge is 0.229 e. The van der Waals surface area contributed by atoms with Crippen molar-refractivity contribution in [3.05, 3.63) is 41.6 Å². The Balaban J connectivity index is 2.76. The Morgan fingerprint density at radius 2 is 2.00 bits per heavy atom. The molecule has 0 spiro atoms. The van der Waals surface area contributed by atoms with Crippen LogP contribution >= 0.6 is 11.6 Å². The van der Waals surface area contributed by atoms with Crippen molar-refractivity contribution < 1.29 is 9.90 Å². The zero-order valence-corrected chi connectivity index (χ0v) is 12.2. The van der Waals surface area contributed by atoms with Gasteiger partial charge in [0.25, 0.3) is 0 Å². The van der Waals surface area contributed by atoms with Gasteiger partial charge in [0.05, 0.1) is 5.76 Å². The summed E-state index contributed by atoms with van der Waals surface area (Å²) < 4.78 is 0. The molecule has 0 saturated carbocycles. The molecule has 0 aliphatic heterocycles. The molecule has 1 unspecified atom stereocenters. The number of carbonyl (C=O) groups excluding carboxylic acids is 1. The van der Waals surface area contributed by atoms with Crippen molar-refractivity contribution in [1.29, 1.82) is 0 Å². The quantitative estimate of drug-likeness (QED) is 0.795. The van der Waals surface area contributed by atoms with E-state index in [0.29, 0.717) is 24.4 Å². The van der Waals surface area contributed by atoms with Gasteiger partial charge >= 0.3 is 0 Å². The lowest BCUT2D eigenvalue weighted by Crippen LogP contribution is -2.35. The van der Waals surface area contributed by atoms with Gasteiger partial charge in [0.2, 0.25) is 5.91 Å². The van der Waals surface area contributed by atoms with E-state index in [2.05, 4.69) is 6.58 Å². The first-order valence-electron chi connectivity index (χ1n) is 6.39. The Labute approximate surface area is 119 Å². The van der Waals surface area contributed by atoms with Crippen LogP contribution in [0.3, 0.4) is 0 Å². The summed E-state index contributed by atoms with van der Waals surface area (Å²) in [5.74, 6) is 0.0137. The van der Waals surface area contributed by atoms with E-state index in [9.17, 15) is 4.79 Å². The summed E-state index contributed by atoms with van der Waals surface area (Å²) in [7, 11) is 0. The largest absolute Gasteiger partial charge is 0.513 e. The number of halogens is 1. The van der Waals surface area contributed by atoms with Crippen molar-refractivity contribution >= 4 is 23.2 Å². The lowest BCUT2D eigenvalue weighted by molar-refractivity contribution is -0.122. The van der Waals surface area contributed by atoms with Crippen LogP contribution in [0.25, 0.3) is 0 Å².